The molecular formula is C29H31N5O2S. The summed E-state index contributed by atoms with van der Waals surface area (Å²) < 4.78 is 7.24. The van der Waals surface area contributed by atoms with Crippen molar-refractivity contribution in [2.45, 2.75) is 38.3 Å². The Kier molecular flexibility index (Phi) is 8.08. The monoisotopic (exact) mass is 513 g/mol. The van der Waals surface area contributed by atoms with Crippen LogP contribution in [0.15, 0.2) is 89.1 Å². The lowest BCUT2D eigenvalue weighted by molar-refractivity contribution is -0.118. The molecule has 0 saturated carbocycles. The maximum atomic E-state index is 12.6. The highest BCUT2D eigenvalue weighted by molar-refractivity contribution is 7.99. The molecule has 0 aliphatic heterocycles. The van der Waals surface area contributed by atoms with Gasteiger partial charge in [-0.3, -0.25) is 9.36 Å². The number of hydrogen-bond donors (Lipinski definition) is 1. The molecule has 0 unspecified atom stereocenters. The van der Waals surface area contributed by atoms with Gasteiger partial charge in [-0.05, 0) is 42.2 Å². The molecule has 7 nitrogen and oxygen atoms in total. The van der Waals surface area contributed by atoms with Gasteiger partial charge in [-0.1, -0.05) is 87.1 Å². The minimum atomic E-state index is -0.231. The Balaban J connectivity index is 1.52. The molecule has 1 amide bonds. The summed E-state index contributed by atoms with van der Waals surface area (Å²) in [6.45, 7) is 8.41. The average molecular weight is 514 g/mol. The normalized spacial score (nSPS) is 11.9. The van der Waals surface area contributed by atoms with Gasteiger partial charge in [0.1, 0.15) is 5.75 Å². The number of carbonyl (C=O) groups excluding carboxylic acids is 1. The van der Waals surface area contributed by atoms with Crippen LogP contribution in [0.1, 0.15) is 38.8 Å². The van der Waals surface area contributed by atoms with Crippen LogP contribution in [0.4, 0.5) is 0 Å². The molecule has 0 bridgehead atoms. The van der Waals surface area contributed by atoms with Crippen LogP contribution in [-0.4, -0.2) is 39.2 Å². The zero-order chi connectivity index (χ0) is 26.4. The second kappa shape index (κ2) is 11.4. The number of hydrazone groups is 1. The highest BCUT2D eigenvalue weighted by Gasteiger charge is 2.19. The van der Waals surface area contributed by atoms with Gasteiger partial charge in [0, 0.05) is 16.8 Å². The number of nitrogens with one attached hydrogen (secondary N) is 1. The summed E-state index contributed by atoms with van der Waals surface area (Å²) in [4.78, 5) is 12.6. The van der Waals surface area contributed by atoms with E-state index >= 15 is 0 Å². The number of nitrogens with zero attached hydrogens (tertiary/aromatic N) is 4. The zero-order valence-electron chi connectivity index (χ0n) is 21.7. The molecule has 4 rings (SSSR count). The first-order valence-corrected chi connectivity index (χ1v) is 13.0. The molecule has 0 saturated heterocycles. The predicted molar refractivity (Wildman–Crippen MR) is 150 cm³/mol. The lowest BCUT2D eigenvalue weighted by Crippen LogP contribution is -2.21. The van der Waals surface area contributed by atoms with Crippen LogP contribution in [0.5, 0.6) is 5.75 Å². The predicted octanol–water partition coefficient (Wildman–Crippen LogP) is 5.87. The van der Waals surface area contributed by atoms with Crippen LogP contribution < -0.4 is 10.2 Å². The number of para-hydroxylation sites is 1. The Hall–Kier alpha value is -3.91. The van der Waals surface area contributed by atoms with Crippen LogP contribution in [0, 0.1) is 0 Å². The fourth-order valence-electron chi connectivity index (χ4n) is 3.70. The maximum absolute atomic E-state index is 12.6. The SMILES string of the molecule is COc1cccc(/C(C)=N/NC(=O)CSc2nnc(-c3ccc(C(C)(C)C)cc3)n2-c2ccccc2)c1. The van der Waals surface area contributed by atoms with Crippen molar-refractivity contribution in [2.75, 3.05) is 12.9 Å². The van der Waals surface area contributed by atoms with Gasteiger partial charge in [-0.2, -0.15) is 5.10 Å². The fraction of sp³-hybridized carbons (Fsp3) is 0.241. The summed E-state index contributed by atoms with van der Waals surface area (Å²) in [5, 5.41) is 13.8. The molecule has 8 heteroatoms. The number of amides is 1. The Morgan fingerprint density at radius 2 is 1.73 bits per heavy atom. The third-order valence-electron chi connectivity index (χ3n) is 5.83. The van der Waals surface area contributed by atoms with Gasteiger partial charge in [-0.25, -0.2) is 5.43 Å². The van der Waals surface area contributed by atoms with Crippen LogP contribution in [0.25, 0.3) is 17.1 Å². The summed E-state index contributed by atoms with van der Waals surface area (Å²) in [7, 11) is 1.62. The van der Waals surface area contributed by atoms with Crippen LogP contribution in [0.2, 0.25) is 0 Å². The second-order valence-corrected chi connectivity index (χ2v) is 10.5. The van der Waals surface area contributed by atoms with E-state index in [0.717, 1.165) is 28.4 Å². The molecule has 1 N–H and O–H groups in total. The molecular weight excluding hydrogens is 482 g/mol. The van der Waals surface area contributed by atoms with E-state index in [2.05, 4.69) is 65.8 Å². The minimum absolute atomic E-state index is 0.0629. The third-order valence-corrected chi connectivity index (χ3v) is 6.75. The van der Waals surface area contributed by atoms with Crippen molar-refractivity contribution in [1.82, 2.24) is 20.2 Å². The van der Waals surface area contributed by atoms with Crippen molar-refractivity contribution in [2.24, 2.45) is 5.10 Å². The van der Waals surface area contributed by atoms with Crippen molar-refractivity contribution in [1.29, 1.82) is 0 Å². The van der Waals surface area contributed by atoms with Gasteiger partial charge < -0.3 is 4.74 Å². The van der Waals surface area contributed by atoms with E-state index in [4.69, 9.17) is 4.74 Å². The van der Waals surface area contributed by atoms with E-state index in [0.29, 0.717) is 10.9 Å². The highest BCUT2D eigenvalue weighted by atomic mass is 32.2. The summed E-state index contributed by atoms with van der Waals surface area (Å²) in [6.07, 6.45) is 0. The number of aromatic nitrogens is 3. The summed E-state index contributed by atoms with van der Waals surface area (Å²) in [6, 6.07) is 25.8. The van der Waals surface area contributed by atoms with Crippen molar-refractivity contribution < 1.29 is 9.53 Å². The first kappa shape index (κ1) is 26.2. The topological polar surface area (TPSA) is 81.4 Å². The van der Waals surface area contributed by atoms with Gasteiger partial charge in [0.2, 0.25) is 0 Å². The molecule has 37 heavy (non-hydrogen) atoms. The number of ether oxygens (including phenoxy) is 1. The maximum Gasteiger partial charge on any atom is 0.250 e. The van der Waals surface area contributed by atoms with Crippen molar-refractivity contribution in [3.05, 3.63) is 90.0 Å². The molecule has 3 aromatic carbocycles. The zero-order valence-corrected chi connectivity index (χ0v) is 22.5. The Bertz CT molecular complexity index is 1390. The Morgan fingerprint density at radius 3 is 2.41 bits per heavy atom. The van der Waals surface area contributed by atoms with Crippen molar-refractivity contribution in [3.63, 3.8) is 0 Å². The van der Waals surface area contributed by atoms with Crippen molar-refractivity contribution >= 4 is 23.4 Å². The number of hydrogen-bond acceptors (Lipinski definition) is 6. The summed E-state index contributed by atoms with van der Waals surface area (Å²) in [5.74, 6) is 1.37. The van der Waals surface area contributed by atoms with Gasteiger partial charge in [0.05, 0.1) is 18.6 Å². The fourth-order valence-corrected chi connectivity index (χ4v) is 4.45. The quantitative estimate of drug-likeness (QED) is 0.181. The second-order valence-electron chi connectivity index (χ2n) is 9.56. The van der Waals surface area contributed by atoms with Gasteiger partial charge in [0.25, 0.3) is 5.91 Å². The molecule has 0 aliphatic rings. The third kappa shape index (κ3) is 6.46. The molecule has 4 aromatic rings. The molecule has 0 fully saturated rings. The Morgan fingerprint density at radius 1 is 1.00 bits per heavy atom. The minimum Gasteiger partial charge on any atom is -0.497 e. The van der Waals surface area contributed by atoms with E-state index in [1.165, 1.54) is 17.3 Å². The summed E-state index contributed by atoms with van der Waals surface area (Å²) in [5.41, 5.74) is 7.39. The summed E-state index contributed by atoms with van der Waals surface area (Å²) >= 11 is 1.31. The lowest BCUT2D eigenvalue weighted by Gasteiger charge is -2.19. The largest absolute Gasteiger partial charge is 0.497 e. The van der Waals surface area contributed by atoms with E-state index in [1.807, 2.05) is 66.1 Å². The van der Waals surface area contributed by atoms with Crippen LogP contribution >= 0.6 is 11.8 Å². The molecule has 0 radical (unpaired) electrons. The van der Waals surface area contributed by atoms with Crippen LogP contribution in [-0.2, 0) is 10.2 Å². The van der Waals surface area contributed by atoms with E-state index in [1.54, 1.807) is 7.11 Å². The number of methoxy groups -OCH3 is 1. The van der Waals surface area contributed by atoms with Gasteiger partial charge >= 0.3 is 0 Å². The first-order valence-electron chi connectivity index (χ1n) is 12.0. The van der Waals surface area contributed by atoms with Crippen LogP contribution in [0.3, 0.4) is 0 Å². The number of carbonyl (C=O) groups is 1. The number of rotatable bonds is 8. The molecule has 0 spiro atoms. The smallest absolute Gasteiger partial charge is 0.250 e. The highest BCUT2D eigenvalue weighted by Crippen LogP contribution is 2.30. The van der Waals surface area contributed by atoms with Gasteiger partial charge in [-0.15, -0.1) is 10.2 Å². The molecule has 1 aromatic heterocycles. The Labute approximate surface area is 222 Å². The van der Waals surface area contributed by atoms with E-state index in [-0.39, 0.29) is 17.1 Å². The first-order chi connectivity index (χ1) is 17.8. The van der Waals surface area contributed by atoms with E-state index < -0.39 is 0 Å². The number of thioether (sulfide) groups is 1. The molecule has 190 valence electrons. The van der Waals surface area contributed by atoms with Crippen molar-refractivity contribution in [3.8, 4) is 22.8 Å². The van der Waals surface area contributed by atoms with Gasteiger partial charge in [0.15, 0.2) is 11.0 Å². The molecule has 0 atom stereocenters. The van der Waals surface area contributed by atoms with E-state index in [9.17, 15) is 4.79 Å². The standard InChI is InChI=1S/C29H31N5O2S/c1-20(22-10-9-13-25(18-22)36-5)30-31-26(35)19-37-28-33-32-27(34(28)24-11-7-6-8-12-24)21-14-16-23(17-15-21)29(2,3)4/h6-18H,19H2,1-5H3,(H,31,35)/b30-20+. The average Bonchev–Trinajstić information content (AvgIpc) is 3.34. The molecule has 1 heterocycles. The number of benzene rings is 3. The molecule has 0 aliphatic carbocycles. The lowest BCUT2D eigenvalue weighted by atomic mass is 9.87.